The number of anilines is 1. The maximum Gasteiger partial charge on any atom is 0.224 e. The Labute approximate surface area is 127 Å². The van der Waals surface area contributed by atoms with Gasteiger partial charge in [-0.05, 0) is 57.0 Å². The van der Waals surface area contributed by atoms with Gasteiger partial charge in [0.05, 0.1) is 0 Å². The standard InChI is InChI=1S/C17H27N3O/c1-14-5-2-3-11-20(14)12-4-6-17(21)19-16-9-7-15(13-18)8-10-16/h7-10,14H,2-6,11-13,18H2,1H3,(H,19,21). The SMILES string of the molecule is CC1CCCCN1CCCC(=O)Nc1ccc(CN)cc1. The van der Waals surface area contributed by atoms with Gasteiger partial charge in [-0.15, -0.1) is 0 Å². The maximum atomic E-state index is 11.9. The van der Waals surface area contributed by atoms with Crippen LogP contribution in [0.1, 0.15) is 44.6 Å². The number of benzene rings is 1. The molecule has 1 aromatic carbocycles. The number of nitrogens with two attached hydrogens (primary N) is 1. The quantitative estimate of drug-likeness (QED) is 0.846. The molecular weight excluding hydrogens is 262 g/mol. The molecule has 0 bridgehead atoms. The average Bonchev–Trinajstić information content (AvgIpc) is 2.50. The first-order valence-electron chi connectivity index (χ1n) is 8.02. The Hall–Kier alpha value is -1.39. The summed E-state index contributed by atoms with van der Waals surface area (Å²) in [5.74, 6) is 0.0974. The zero-order chi connectivity index (χ0) is 15.1. The summed E-state index contributed by atoms with van der Waals surface area (Å²) in [4.78, 5) is 14.4. The fraction of sp³-hybridized carbons (Fsp3) is 0.588. The van der Waals surface area contributed by atoms with Crippen LogP contribution in [-0.4, -0.2) is 29.9 Å². The van der Waals surface area contributed by atoms with Crippen molar-refractivity contribution in [2.75, 3.05) is 18.4 Å². The minimum absolute atomic E-state index is 0.0974. The van der Waals surface area contributed by atoms with Crippen molar-refractivity contribution < 1.29 is 4.79 Å². The number of carbonyl (C=O) groups is 1. The van der Waals surface area contributed by atoms with Gasteiger partial charge in [-0.3, -0.25) is 4.79 Å². The topological polar surface area (TPSA) is 58.4 Å². The highest BCUT2D eigenvalue weighted by Crippen LogP contribution is 2.17. The molecule has 1 unspecified atom stereocenters. The van der Waals surface area contributed by atoms with Crippen molar-refractivity contribution in [2.24, 2.45) is 5.73 Å². The second-order valence-corrected chi connectivity index (χ2v) is 5.93. The molecule has 0 radical (unpaired) electrons. The van der Waals surface area contributed by atoms with Crippen LogP contribution in [0.5, 0.6) is 0 Å². The monoisotopic (exact) mass is 289 g/mol. The summed E-state index contributed by atoms with van der Waals surface area (Å²) in [5.41, 5.74) is 7.48. The van der Waals surface area contributed by atoms with Gasteiger partial charge >= 0.3 is 0 Å². The van der Waals surface area contributed by atoms with Crippen LogP contribution >= 0.6 is 0 Å². The molecule has 116 valence electrons. The van der Waals surface area contributed by atoms with Crippen LogP contribution in [0.25, 0.3) is 0 Å². The number of likely N-dealkylation sites (tertiary alicyclic amines) is 1. The summed E-state index contributed by atoms with van der Waals surface area (Å²) in [6.45, 7) is 5.03. The summed E-state index contributed by atoms with van der Waals surface area (Å²) in [7, 11) is 0. The summed E-state index contributed by atoms with van der Waals surface area (Å²) in [5, 5.41) is 2.94. The van der Waals surface area contributed by atoms with E-state index in [0.29, 0.717) is 19.0 Å². The molecule has 1 saturated heterocycles. The highest BCUT2D eigenvalue weighted by atomic mass is 16.1. The first kappa shape index (κ1) is 16.0. The fourth-order valence-corrected chi connectivity index (χ4v) is 2.88. The molecule has 4 heteroatoms. The van der Waals surface area contributed by atoms with Crippen LogP contribution < -0.4 is 11.1 Å². The van der Waals surface area contributed by atoms with Crippen LogP contribution in [0.15, 0.2) is 24.3 Å². The van der Waals surface area contributed by atoms with E-state index in [4.69, 9.17) is 5.73 Å². The molecule has 21 heavy (non-hydrogen) atoms. The number of nitrogens with zero attached hydrogens (tertiary/aromatic N) is 1. The predicted molar refractivity (Wildman–Crippen MR) is 87.1 cm³/mol. The van der Waals surface area contributed by atoms with Crippen molar-refractivity contribution in [3.63, 3.8) is 0 Å². The first-order chi connectivity index (χ1) is 10.2. The molecule has 1 aliphatic heterocycles. The zero-order valence-electron chi connectivity index (χ0n) is 13.0. The summed E-state index contributed by atoms with van der Waals surface area (Å²) < 4.78 is 0. The van der Waals surface area contributed by atoms with Gasteiger partial charge in [0, 0.05) is 24.7 Å². The van der Waals surface area contributed by atoms with Gasteiger partial charge in [-0.2, -0.15) is 0 Å². The van der Waals surface area contributed by atoms with Crippen molar-refractivity contribution in [2.45, 2.75) is 51.6 Å². The van der Waals surface area contributed by atoms with Gasteiger partial charge < -0.3 is 16.0 Å². The van der Waals surface area contributed by atoms with Gasteiger partial charge in [0.2, 0.25) is 5.91 Å². The molecule has 4 nitrogen and oxygen atoms in total. The van der Waals surface area contributed by atoms with Crippen molar-refractivity contribution in [1.82, 2.24) is 4.90 Å². The van der Waals surface area contributed by atoms with E-state index in [-0.39, 0.29) is 5.91 Å². The minimum atomic E-state index is 0.0974. The molecular formula is C17H27N3O. The van der Waals surface area contributed by atoms with Crippen LogP contribution in [0.3, 0.4) is 0 Å². The third-order valence-electron chi connectivity index (χ3n) is 4.26. The molecule has 1 fully saturated rings. The minimum Gasteiger partial charge on any atom is -0.326 e. The van der Waals surface area contributed by atoms with Gasteiger partial charge in [-0.25, -0.2) is 0 Å². The van der Waals surface area contributed by atoms with Crippen molar-refractivity contribution in [3.8, 4) is 0 Å². The molecule has 1 amide bonds. The lowest BCUT2D eigenvalue weighted by molar-refractivity contribution is -0.116. The Balaban J connectivity index is 1.69. The molecule has 0 aromatic heterocycles. The molecule has 3 N–H and O–H groups in total. The summed E-state index contributed by atoms with van der Waals surface area (Å²) in [6.07, 6.45) is 5.44. The normalized spacial score (nSPS) is 19.4. The summed E-state index contributed by atoms with van der Waals surface area (Å²) in [6, 6.07) is 8.39. The van der Waals surface area contributed by atoms with Gasteiger partial charge in [-0.1, -0.05) is 18.6 Å². The molecule has 0 spiro atoms. The largest absolute Gasteiger partial charge is 0.326 e. The number of nitrogens with one attached hydrogen (secondary N) is 1. The summed E-state index contributed by atoms with van der Waals surface area (Å²) >= 11 is 0. The highest BCUT2D eigenvalue weighted by Gasteiger charge is 2.17. The van der Waals surface area contributed by atoms with Crippen LogP contribution in [0.4, 0.5) is 5.69 Å². The fourth-order valence-electron chi connectivity index (χ4n) is 2.88. The van der Waals surface area contributed by atoms with Crippen LogP contribution in [0, 0.1) is 0 Å². The average molecular weight is 289 g/mol. The number of rotatable bonds is 6. The van der Waals surface area contributed by atoms with Gasteiger partial charge in [0.15, 0.2) is 0 Å². The van der Waals surface area contributed by atoms with E-state index in [9.17, 15) is 4.79 Å². The van der Waals surface area contributed by atoms with Gasteiger partial charge in [0.25, 0.3) is 0 Å². The molecule has 1 aromatic rings. The number of hydrogen-bond donors (Lipinski definition) is 2. The zero-order valence-corrected chi connectivity index (χ0v) is 13.0. The smallest absolute Gasteiger partial charge is 0.224 e. The Morgan fingerprint density at radius 2 is 2.10 bits per heavy atom. The second kappa shape index (κ2) is 8.15. The van der Waals surface area contributed by atoms with Gasteiger partial charge in [0.1, 0.15) is 0 Å². The third kappa shape index (κ3) is 5.14. The lowest BCUT2D eigenvalue weighted by Crippen LogP contribution is -2.38. The van der Waals surface area contributed by atoms with E-state index < -0.39 is 0 Å². The van der Waals surface area contributed by atoms with Crippen molar-refractivity contribution in [1.29, 1.82) is 0 Å². The second-order valence-electron chi connectivity index (χ2n) is 5.93. The lowest BCUT2D eigenvalue weighted by atomic mass is 10.0. The van der Waals surface area contributed by atoms with E-state index >= 15 is 0 Å². The number of hydrogen-bond acceptors (Lipinski definition) is 3. The third-order valence-corrected chi connectivity index (χ3v) is 4.26. The molecule has 1 aliphatic rings. The number of piperidine rings is 1. The Kier molecular flexibility index (Phi) is 6.21. The molecule has 0 saturated carbocycles. The van der Waals surface area contributed by atoms with Crippen LogP contribution in [0.2, 0.25) is 0 Å². The van der Waals surface area contributed by atoms with E-state index in [0.717, 1.165) is 24.2 Å². The molecule has 0 aliphatic carbocycles. The van der Waals surface area contributed by atoms with E-state index in [2.05, 4.69) is 17.1 Å². The van der Waals surface area contributed by atoms with Crippen molar-refractivity contribution >= 4 is 11.6 Å². The number of carbonyl (C=O) groups excluding carboxylic acids is 1. The Morgan fingerprint density at radius 1 is 1.33 bits per heavy atom. The Bertz CT molecular complexity index is 444. The first-order valence-corrected chi connectivity index (χ1v) is 8.02. The van der Waals surface area contributed by atoms with Crippen molar-refractivity contribution in [3.05, 3.63) is 29.8 Å². The van der Waals surface area contributed by atoms with Crippen LogP contribution in [-0.2, 0) is 11.3 Å². The highest BCUT2D eigenvalue weighted by molar-refractivity contribution is 5.90. The maximum absolute atomic E-state index is 11.9. The lowest BCUT2D eigenvalue weighted by Gasteiger charge is -2.33. The molecule has 1 atom stereocenters. The number of amides is 1. The Morgan fingerprint density at radius 3 is 2.76 bits per heavy atom. The molecule has 1 heterocycles. The predicted octanol–water partition coefficient (Wildman–Crippen LogP) is 2.74. The van der Waals surface area contributed by atoms with E-state index in [1.54, 1.807) is 0 Å². The molecule has 2 rings (SSSR count). The van der Waals surface area contributed by atoms with E-state index in [1.165, 1.54) is 25.8 Å². The van der Waals surface area contributed by atoms with E-state index in [1.807, 2.05) is 24.3 Å².